The first-order valence-corrected chi connectivity index (χ1v) is 8.22. The van der Waals surface area contributed by atoms with E-state index in [-0.39, 0.29) is 0 Å². The van der Waals surface area contributed by atoms with E-state index in [0.29, 0.717) is 5.82 Å². The van der Waals surface area contributed by atoms with Crippen LogP contribution < -0.4 is 10.1 Å². The Morgan fingerprint density at radius 2 is 1.84 bits per heavy atom. The minimum atomic E-state index is 0.642. The summed E-state index contributed by atoms with van der Waals surface area (Å²) in [6, 6.07) is 10.0. The van der Waals surface area contributed by atoms with Gasteiger partial charge in [0, 0.05) is 18.3 Å². The molecule has 3 aromatic rings. The quantitative estimate of drug-likeness (QED) is 0.738. The molecule has 2 aromatic heterocycles. The van der Waals surface area contributed by atoms with Crippen molar-refractivity contribution >= 4 is 5.82 Å². The van der Waals surface area contributed by atoms with E-state index in [2.05, 4.69) is 32.6 Å². The van der Waals surface area contributed by atoms with E-state index in [1.165, 1.54) is 5.56 Å². The molecule has 6 heteroatoms. The highest BCUT2D eigenvalue weighted by Gasteiger charge is 2.15. The fourth-order valence-corrected chi connectivity index (χ4v) is 2.70. The molecular weight excluding hydrogens is 316 g/mol. The molecule has 1 aromatic carbocycles. The summed E-state index contributed by atoms with van der Waals surface area (Å²) in [5.74, 6) is 3.04. The number of hydrogen-bond acceptors (Lipinski definition) is 6. The second-order valence-corrected chi connectivity index (χ2v) is 5.94. The van der Waals surface area contributed by atoms with Gasteiger partial charge in [-0.1, -0.05) is 17.3 Å². The number of hydrogen-bond donors (Lipinski definition) is 1. The first-order chi connectivity index (χ1) is 12.1. The van der Waals surface area contributed by atoms with Crippen molar-refractivity contribution in [1.29, 1.82) is 0 Å². The highest BCUT2D eigenvalue weighted by atomic mass is 16.5. The maximum Gasteiger partial charge on any atom is 0.167 e. The molecular formula is C19H22N4O2. The topological polar surface area (TPSA) is 73.1 Å². The molecule has 0 bridgehead atoms. The summed E-state index contributed by atoms with van der Waals surface area (Å²) >= 11 is 0. The first-order valence-electron chi connectivity index (χ1n) is 8.22. The van der Waals surface area contributed by atoms with Crippen molar-refractivity contribution in [2.45, 2.75) is 27.2 Å². The van der Waals surface area contributed by atoms with Gasteiger partial charge in [0.15, 0.2) is 5.82 Å². The Kier molecular flexibility index (Phi) is 4.97. The predicted octanol–water partition coefficient (Wildman–Crippen LogP) is 3.72. The molecule has 2 heterocycles. The Balaban J connectivity index is 1.70. The average molecular weight is 338 g/mol. The third-order valence-electron chi connectivity index (χ3n) is 3.99. The molecule has 1 N–H and O–H groups in total. The van der Waals surface area contributed by atoms with Gasteiger partial charge in [-0.3, -0.25) is 0 Å². The Bertz CT molecular complexity index is 837. The smallest absolute Gasteiger partial charge is 0.167 e. The van der Waals surface area contributed by atoms with Crippen LogP contribution in [0.25, 0.3) is 11.4 Å². The summed E-state index contributed by atoms with van der Waals surface area (Å²) in [5, 5.41) is 7.35. The fourth-order valence-electron chi connectivity index (χ4n) is 2.70. The lowest BCUT2D eigenvalue weighted by molar-refractivity contribution is 0.393. The number of anilines is 1. The van der Waals surface area contributed by atoms with Gasteiger partial charge in [-0.05, 0) is 44.9 Å². The zero-order valence-electron chi connectivity index (χ0n) is 15.0. The second-order valence-electron chi connectivity index (χ2n) is 5.94. The molecule has 6 nitrogen and oxygen atoms in total. The molecule has 0 saturated carbocycles. The normalized spacial score (nSPS) is 10.7. The minimum Gasteiger partial charge on any atom is -0.497 e. The predicted molar refractivity (Wildman–Crippen MR) is 96.9 cm³/mol. The molecule has 0 fully saturated rings. The minimum absolute atomic E-state index is 0.642. The van der Waals surface area contributed by atoms with Crippen LogP contribution in [-0.2, 0) is 6.42 Å². The number of methoxy groups -OCH3 is 1. The van der Waals surface area contributed by atoms with Crippen molar-refractivity contribution < 1.29 is 9.26 Å². The highest BCUT2D eigenvalue weighted by molar-refractivity contribution is 5.62. The van der Waals surface area contributed by atoms with E-state index in [0.717, 1.165) is 47.2 Å². The zero-order chi connectivity index (χ0) is 17.8. The van der Waals surface area contributed by atoms with Crippen LogP contribution >= 0.6 is 0 Å². The summed E-state index contributed by atoms with van der Waals surface area (Å²) in [5.41, 5.74) is 3.80. The van der Waals surface area contributed by atoms with Gasteiger partial charge in [0.1, 0.15) is 17.3 Å². The van der Waals surface area contributed by atoms with E-state index in [9.17, 15) is 0 Å². The SMILES string of the molecule is COc1ccc(CCNc2cc(C)nc(-c3c(C)noc3C)n2)cc1. The third-order valence-corrected chi connectivity index (χ3v) is 3.99. The van der Waals surface area contributed by atoms with Crippen LogP contribution in [0.3, 0.4) is 0 Å². The Hall–Kier alpha value is -2.89. The van der Waals surface area contributed by atoms with Crippen LogP contribution in [0.5, 0.6) is 5.75 Å². The highest BCUT2D eigenvalue weighted by Crippen LogP contribution is 2.25. The number of benzene rings is 1. The molecule has 0 radical (unpaired) electrons. The van der Waals surface area contributed by atoms with E-state index in [1.54, 1.807) is 7.11 Å². The summed E-state index contributed by atoms with van der Waals surface area (Å²) in [7, 11) is 1.67. The monoisotopic (exact) mass is 338 g/mol. The summed E-state index contributed by atoms with van der Waals surface area (Å²) in [6.07, 6.45) is 0.897. The van der Waals surface area contributed by atoms with Crippen LogP contribution in [0.1, 0.15) is 22.7 Å². The van der Waals surface area contributed by atoms with Crippen molar-refractivity contribution in [3.05, 3.63) is 53.0 Å². The Morgan fingerprint density at radius 3 is 2.48 bits per heavy atom. The van der Waals surface area contributed by atoms with Crippen molar-refractivity contribution in [1.82, 2.24) is 15.1 Å². The lowest BCUT2D eigenvalue weighted by Crippen LogP contribution is -2.08. The van der Waals surface area contributed by atoms with Crippen molar-refractivity contribution in [2.24, 2.45) is 0 Å². The van der Waals surface area contributed by atoms with Gasteiger partial charge in [0.2, 0.25) is 0 Å². The van der Waals surface area contributed by atoms with Crippen molar-refractivity contribution in [2.75, 3.05) is 19.0 Å². The standard InChI is InChI=1S/C19H22N4O2/c1-12-11-17(20-10-9-15-5-7-16(24-4)8-6-15)22-19(21-12)18-13(2)23-25-14(18)3/h5-8,11H,9-10H2,1-4H3,(H,20,21,22). The number of nitrogens with one attached hydrogen (secondary N) is 1. The van der Waals surface area contributed by atoms with Gasteiger partial charge in [-0.15, -0.1) is 0 Å². The third kappa shape index (κ3) is 3.96. The average Bonchev–Trinajstić information content (AvgIpc) is 2.93. The lowest BCUT2D eigenvalue weighted by Gasteiger charge is -2.09. The molecule has 0 spiro atoms. The molecule has 25 heavy (non-hydrogen) atoms. The largest absolute Gasteiger partial charge is 0.497 e. The molecule has 0 saturated heterocycles. The summed E-state index contributed by atoms with van der Waals surface area (Å²) in [6.45, 7) is 6.51. The maximum atomic E-state index is 5.23. The number of rotatable bonds is 6. The molecule has 0 aliphatic heterocycles. The summed E-state index contributed by atoms with van der Waals surface area (Å²) < 4.78 is 10.4. The number of aromatic nitrogens is 3. The number of nitrogens with zero attached hydrogens (tertiary/aromatic N) is 3. The van der Waals surface area contributed by atoms with Crippen LogP contribution in [-0.4, -0.2) is 28.8 Å². The first kappa shape index (κ1) is 17.0. The van der Waals surface area contributed by atoms with Crippen LogP contribution in [0, 0.1) is 20.8 Å². The fraction of sp³-hybridized carbons (Fsp3) is 0.316. The van der Waals surface area contributed by atoms with Gasteiger partial charge in [0.25, 0.3) is 0 Å². The van der Waals surface area contributed by atoms with E-state index >= 15 is 0 Å². The van der Waals surface area contributed by atoms with Crippen LogP contribution in [0.15, 0.2) is 34.9 Å². The maximum absolute atomic E-state index is 5.23. The van der Waals surface area contributed by atoms with E-state index < -0.39 is 0 Å². The van der Waals surface area contributed by atoms with Gasteiger partial charge < -0.3 is 14.6 Å². The molecule has 0 atom stereocenters. The van der Waals surface area contributed by atoms with E-state index in [1.807, 2.05) is 39.0 Å². The van der Waals surface area contributed by atoms with Crippen LogP contribution in [0.2, 0.25) is 0 Å². The molecule has 0 aliphatic carbocycles. The Morgan fingerprint density at radius 1 is 1.08 bits per heavy atom. The number of ether oxygens (including phenoxy) is 1. The van der Waals surface area contributed by atoms with Crippen LogP contribution in [0.4, 0.5) is 5.82 Å². The van der Waals surface area contributed by atoms with Gasteiger partial charge in [-0.2, -0.15) is 0 Å². The zero-order valence-corrected chi connectivity index (χ0v) is 15.0. The van der Waals surface area contributed by atoms with Gasteiger partial charge in [0.05, 0.1) is 18.4 Å². The van der Waals surface area contributed by atoms with Crippen molar-refractivity contribution in [3.63, 3.8) is 0 Å². The summed E-state index contributed by atoms with van der Waals surface area (Å²) in [4.78, 5) is 9.13. The molecule has 0 unspecified atom stereocenters. The molecule has 130 valence electrons. The second kappa shape index (κ2) is 7.34. The molecule has 0 aliphatic rings. The van der Waals surface area contributed by atoms with Gasteiger partial charge >= 0.3 is 0 Å². The lowest BCUT2D eigenvalue weighted by atomic mass is 10.1. The number of aryl methyl sites for hydroxylation is 3. The Labute approximate surface area is 147 Å². The molecule has 0 amide bonds. The molecule has 3 rings (SSSR count). The van der Waals surface area contributed by atoms with Gasteiger partial charge in [-0.25, -0.2) is 9.97 Å². The van der Waals surface area contributed by atoms with Crippen molar-refractivity contribution in [3.8, 4) is 17.1 Å². The van der Waals surface area contributed by atoms with E-state index in [4.69, 9.17) is 9.26 Å².